The highest BCUT2D eigenvalue weighted by Gasteiger charge is 2.44. The van der Waals surface area contributed by atoms with E-state index in [-0.39, 0.29) is 16.2 Å². The van der Waals surface area contributed by atoms with Gasteiger partial charge in [-0.05, 0) is 197 Å². The van der Waals surface area contributed by atoms with Gasteiger partial charge < -0.3 is 9.13 Å². The summed E-state index contributed by atoms with van der Waals surface area (Å²) in [6.07, 6.45) is 15.3. The molecule has 0 aliphatic heterocycles. The molecule has 18 rings (SSSR count). The number of hydrogen-bond acceptors (Lipinski definition) is 0. The van der Waals surface area contributed by atoms with Crippen LogP contribution < -0.4 is 0 Å². The molecule has 0 radical (unpaired) electrons. The first kappa shape index (κ1) is 52.8. The molecular formula is C88H68N2. The fourth-order valence-electron chi connectivity index (χ4n) is 16.9. The molecule has 0 unspecified atom stereocenters. The van der Waals surface area contributed by atoms with E-state index in [1.165, 1.54) is 198 Å². The number of rotatable bonds is 8. The van der Waals surface area contributed by atoms with E-state index < -0.39 is 0 Å². The van der Waals surface area contributed by atoms with E-state index in [0.29, 0.717) is 0 Å². The van der Waals surface area contributed by atoms with E-state index in [1.807, 2.05) is 0 Å². The Morgan fingerprint density at radius 1 is 0.267 bits per heavy atom. The summed E-state index contributed by atoms with van der Waals surface area (Å²) in [5, 5.41) is 5.08. The van der Waals surface area contributed by atoms with E-state index in [2.05, 4.69) is 316 Å². The number of fused-ring (bicyclic) bond motifs is 17. The van der Waals surface area contributed by atoms with Crippen molar-refractivity contribution >= 4 is 67.9 Å². The smallest absolute Gasteiger partial charge is 0.0541 e. The molecule has 2 aromatic heterocycles. The monoisotopic (exact) mass is 1150 g/mol. The lowest BCUT2D eigenvalue weighted by Crippen LogP contribution is -2.28. The van der Waals surface area contributed by atoms with Crippen LogP contribution in [0.4, 0.5) is 0 Å². The van der Waals surface area contributed by atoms with Crippen LogP contribution in [0.1, 0.15) is 115 Å². The average molecular weight is 1150 g/mol. The maximum absolute atomic E-state index is 2.55. The summed E-state index contributed by atoms with van der Waals surface area (Å²) in [7, 11) is 0. The van der Waals surface area contributed by atoms with E-state index in [4.69, 9.17) is 0 Å². The summed E-state index contributed by atoms with van der Waals surface area (Å²) < 4.78 is 4.91. The van der Waals surface area contributed by atoms with Crippen LogP contribution in [0.25, 0.3) is 135 Å². The Hall–Kier alpha value is -10.3. The topological polar surface area (TPSA) is 9.86 Å². The molecule has 14 aromatic rings. The normalized spacial score (nSPS) is 15.5. The standard InChI is InChI=1S/C88H68N2/c1-86(2)76-20-10-6-16-66(76)68-44-40-64(54-78(68)86)89-82-22-12-8-18-72(82)74-50-58(32-46-84(74)89)26-24-56-28-34-60(35-29-56)62-38-42-70-71-43-39-63(53-81(71)88(80(70)52-62)48-14-5-15-49-88)61-36-30-57(31-37-61)25-27-59-33-47-85-75(51-59)73-19-9-13-23-83(73)90(85)65-41-45-69-67-17-7-11-21-77(67)87(3,4)79(69)55-65/h6-13,16-47,50-55H,5,14-15,48-49H2,1-4H3. The van der Waals surface area contributed by atoms with E-state index in [9.17, 15) is 0 Å². The Bertz CT molecular complexity index is 5040. The summed E-state index contributed by atoms with van der Waals surface area (Å²) in [5.41, 5.74) is 33.9. The fourth-order valence-corrected chi connectivity index (χ4v) is 16.9. The second kappa shape index (κ2) is 19.9. The molecule has 2 nitrogen and oxygen atoms in total. The second-order valence-electron chi connectivity index (χ2n) is 27.1. The maximum Gasteiger partial charge on any atom is 0.0541 e. The van der Waals surface area contributed by atoms with Crippen LogP contribution in [-0.4, -0.2) is 9.13 Å². The number of hydrogen-bond donors (Lipinski definition) is 0. The van der Waals surface area contributed by atoms with E-state index >= 15 is 0 Å². The van der Waals surface area contributed by atoms with Gasteiger partial charge in [0.05, 0.1) is 22.1 Å². The Balaban J connectivity index is 0.590. The zero-order valence-corrected chi connectivity index (χ0v) is 51.5. The van der Waals surface area contributed by atoms with Crippen LogP contribution in [0.5, 0.6) is 0 Å². The van der Waals surface area contributed by atoms with Crippen molar-refractivity contribution in [3.8, 4) is 67.0 Å². The van der Waals surface area contributed by atoms with Crippen LogP contribution in [0.3, 0.4) is 0 Å². The zero-order valence-electron chi connectivity index (χ0n) is 51.5. The minimum atomic E-state index is -0.0612. The van der Waals surface area contributed by atoms with E-state index in [1.54, 1.807) is 0 Å². The molecule has 0 atom stereocenters. The fraction of sp³-hybridized carbons (Fsp3) is 0.136. The Labute approximate surface area is 527 Å². The third-order valence-corrected chi connectivity index (χ3v) is 21.5. The van der Waals surface area contributed by atoms with Gasteiger partial charge in [-0.2, -0.15) is 0 Å². The lowest BCUT2D eigenvalue weighted by Gasteiger charge is -2.36. The van der Waals surface area contributed by atoms with Gasteiger partial charge in [0.15, 0.2) is 0 Å². The van der Waals surface area contributed by atoms with E-state index in [0.717, 1.165) is 0 Å². The summed E-state index contributed by atoms with van der Waals surface area (Å²) in [4.78, 5) is 0. The van der Waals surface area contributed by atoms with Crippen molar-refractivity contribution < 1.29 is 0 Å². The molecule has 0 N–H and O–H groups in total. The van der Waals surface area contributed by atoms with Crippen LogP contribution in [-0.2, 0) is 16.2 Å². The predicted octanol–water partition coefficient (Wildman–Crippen LogP) is 23.4. The second-order valence-corrected chi connectivity index (χ2v) is 27.1. The lowest BCUT2D eigenvalue weighted by atomic mass is 9.67. The zero-order chi connectivity index (χ0) is 60.0. The van der Waals surface area contributed by atoms with Crippen LogP contribution in [0.2, 0.25) is 0 Å². The quantitative estimate of drug-likeness (QED) is 0.134. The first-order chi connectivity index (χ1) is 44.1. The van der Waals surface area contributed by atoms with Gasteiger partial charge in [0.25, 0.3) is 0 Å². The van der Waals surface area contributed by atoms with Crippen molar-refractivity contribution in [2.24, 2.45) is 0 Å². The number of nitrogens with zero attached hydrogens (tertiary/aromatic N) is 2. The average Bonchev–Trinajstić information content (AvgIpc) is 1.64. The van der Waals surface area contributed by atoms with Gasteiger partial charge in [0, 0.05) is 49.2 Å². The van der Waals surface area contributed by atoms with Gasteiger partial charge in [-0.15, -0.1) is 0 Å². The molecule has 12 aromatic carbocycles. The molecular weight excluding hydrogens is 1080 g/mol. The Kier molecular flexibility index (Phi) is 11.7. The van der Waals surface area contributed by atoms with Crippen molar-refractivity contribution in [2.45, 2.75) is 76.0 Å². The minimum Gasteiger partial charge on any atom is -0.309 e. The van der Waals surface area contributed by atoms with Gasteiger partial charge in [-0.1, -0.05) is 253 Å². The number of aromatic nitrogens is 2. The van der Waals surface area contributed by atoms with Crippen molar-refractivity contribution in [1.82, 2.24) is 9.13 Å². The van der Waals surface area contributed by atoms with Crippen LogP contribution in [0, 0.1) is 0 Å². The molecule has 1 spiro atoms. The molecule has 0 saturated heterocycles. The molecule has 2 heterocycles. The van der Waals surface area contributed by atoms with Gasteiger partial charge in [-0.3, -0.25) is 0 Å². The number of benzene rings is 12. The predicted molar refractivity (Wildman–Crippen MR) is 381 cm³/mol. The van der Waals surface area contributed by atoms with Gasteiger partial charge in [-0.25, -0.2) is 0 Å². The van der Waals surface area contributed by atoms with Crippen molar-refractivity contribution in [2.75, 3.05) is 0 Å². The first-order valence-corrected chi connectivity index (χ1v) is 32.5. The summed E-state index contributed by atoms with van der Waals surface area (Å²) >= 11 is 0. The molecule has 1 saturated carbocycles. The highest BCUT2D eigenvalue weighted by molar-refractivity contribution is 6.11. The summed E-state index contributed by atoms with van der Waals surface area (Å²) in [6, 6.07) is 96.6. The summed E-state index contributed by atoms with van der Waals surface area (Å²) in [6.45, 7) is 9.45. The summed E-state index contributed by atoms with van der Waals surface area (Å²) in [5.74, 6) is 0. The minimum absolute atomic E-state index is 0.0242. The van der Waals surface area contributed by atoms with Crippen LogP contribution >= 0.6 is 0 Å². The SMILES string of the molecule is CC1(C)c2ccccc2-c2ccc(-n3c4ccccc4c4cc(C=Cc5ccc(-c6ccc7c(c6)C6(CCCCC6)c6cc(-c8ccc(C=Cc9ccc%10c(c9)c9ccccc9n%10-c9ccc%10c(c9)C(C)(C)c9ccccc9-%10)cc8)ccc6-7)cc5)ccc43)cc21. The molecule has 430 valence electrons. The first-order valence-electron chi connectivity index (χ1n) is 32.5. The largest absolute Gasteiger partial charge is 0.309 e. The molecule has 2 heteroatoms. The number of para-hydroxylation sites is 2. The maximum atomic E-state index is 2.55. The van der Waals surface area contributed by atoms with Gasteiger partial charge in [0.2, 0.25) is 0 Å². The lowest BCUT2D eigenvalue weighted by molar-refractivity contribution is 0.353. The highest BCUT2D eigenvalue weighted by Crippen LogP contribution is 2.58. The molecule has 1 fully saturated rings. The molecule has 0 bridgehead atoms. The molecule has 4 aliphatic carbocycles. The third kappa shape index (κ3) is 7.96. The van der Waals surface area contributed by atoms with Crippen molar-refractivity contribution in [3.63, 3.8) is 0 Å². The van der Waals surface area contributed by atoms with Gasteiger partial charge >= 0.3 is 0 Å². The van der Waals surface area contributed by atoms with Crippen LogP contribution in [0.15, 0.2) is 255 Å². The van der Waals surface area contributed by atoms with Gasteiger partial charge in [0.1, 0.15) is 0 Å². The Morgan fingerprint density at radius 2 is 0.622 bits per heavy atom. The third-order valence-electron chi connectivity index (χ3n) is 21.5. The highest BCUT2D eigenvalue weighted by atomic mass is 15.0. The molecule has 0 amide bonds. The van der Waals surface area contributed by atoms with Crippen molar-refractivity contribution in [1.29, 1.82) is 0 Å². The Morgan fingerprint density at radius 3 is 1.09 bits per heavy atom. The molecule has 90 heavy (non-hydrogen) atoms. The van der Waals surface area contributed by atoms with Crippen molar-refractivity contribution in [3.05, 3.63) is 310 Å². The molecule has 4 aliphatic rings.